The van der Waals surface area contributed by atoms with Gasteiger partial charge in [-0.3, -0.25) is 0 Å². The molecule has 0 nitrogen and oxygen atoms in total. The Morgan fingerprint density at radius 1 is 1.09 bits per heavy atom. The summed E-state index contributed by atoms with van der Waals surface area (Å²) in [4.78, 5) is 0. The Morgan fingerprint density at radius 3 is 1.64 bits per heavy atom. The van der Waals surface area contributed by atoms with Gasteiger partial charge in [-0.15, -0.1) is 0 Å². The van der Waals surface area contributed by atoms with Gasteiger partial charge in [-0.1, -0.05) is 49.1 Å². The molecule has 11 heavy (non-hydrogen) atoms. The zero-order chi connectivity index (χ0) is 9.11. The molecule has 0 aromatic rings. The Balaban J connectivity index is 0. The van der Waals surface area contributed by atoms with Crippen molar-refractivity contribution >= 4 is 0 Å². The average Bonchev–Trinajstić information content (AvgIpc) is 1.90. The maximum atomic E-state index is 3.52. The summed E-state index contributed by atoms with van der Waals surface area (Å²) >= 11 is 0. The highest BCUT2D eigenvalue weighted by molar-refractivity contribution is 5.04. The Kier molecular flexibility index (Phi) is 13.4. The van der Waals surface area contributed by atoms with Gasteiger partial charge < -0.3 is 0 Å². The highest BCUT2D eigenvalue weighted by atomic mass is 13.7. The molecule has 0 unspecified atom stereocenters. The second-order valence-electron chi connectivity index (χ2n) is 2.24. The van der Waals surface area contributed by atoms with E-state index in [0.29, 0.717) is 0 Å². The molecule has 0 aliphatic rings. The lowest BCUT2D eigenvalue weighted by Crippen LogP contribution is -1.54. The molecule has 0 amide bonds. The second kappa shape index (κ2) is 11.7. The van der Waals surface area contributed by atoms with E-state index >= 15 is 0 Å². The van der Waals surface area contributed by atoms with Crippen molar-refractivity contribution in [2.24, 2.45) is 0 Å². The van der Waals surface area contributed by atoms with Crippen LogP contribution < -0.4 is 0 Å². The SMILES string of the molecule is C=C/C=C/C.C=CC=C(C)C. The molecule has 0 rings (SSSR count). The van der Waals surface area contributed by atoms with Crippen molar-refractivity contribution in [1.82, 2.24) is 0 Å². The first kappa shape index (κ1) is 12.6. The largest absolute Gasteiger partial charge is 0.0991 e. The third-order valence-corrected chi connectivity index (χ3v) is 0.780. The van der Waals surface area contributed by atoms with Crippen molar-refractivity contribution < 1.29 is 0 Å². The van der Waals surface area contributed by atoms with E-state index in [4.69, 9.17) is 0 Å². The smallest absolute Gasteiger partial charge is 0.0439 e. The molecular weight excluding hydrogens is 132 g/mol. The minimum absolute atomic E-state index is 1.30. The third kappa shape index (κ3) is 27.7. The van der Waals surface area contributed by atoms with Crippen molar-refractivity contribution in [2.45, 2.75) is 20.8 Å². The molecule has 0 aromatic heterocycles. The van der Waals surface area contributed by atoms with E-state index in [0.717, 1.165) is 0 Å². The van der Waals surface area contributed by atoms with Crippen LogP contribution in [0.3, 0.4) is 0 Å². The first-order chi connectivity index (χ1) is 5.18. The Labute approximate surface area is 70.6 Å². The zero-order valence-corrected chi connectivity index (χ0v) is 7.80. The van der Waals surface area contributed by atoms with Crippen molar-refractivity contribution in [3.8, 4) is 0 Å². The molecule has 0 aliphatic carbocycles. The molecule has 0 aromatic carbocycles. The monoisotopic (exact) mass is 150 g/mol. The van der Waals surface area contributed by atoms with Gasteiger partial charge in [-0.05, 0) is 20.8 Å². The molecule has 0 fully saturated rings. The van der Waals surface area contributed by atoms with Crippen molar-refractivity contribution in [1.29, 1.82) is 0 Å². The van der Waals surface area contributed by atoms with Gasteiger partial charge >= 0.3 is 0 Å². The standard InChI is InChI=1S/C6H10.C5H8/c1-4-5-6(2)3;1-3-5-4-2/h4-5H,1H2,2-3H3;3-5H,1H2,2H3/b;5-4+. The fourth-order valence-corrected chi connectivity index (χ4v) is 0.372. The molecule has 0 bridgehead atoms. The average molecular weight is 150 g/mol. The molecule has 0 heterocycles. The van der Waals surface area contributed by atoms with Crippen LogP contribution in [0.5, 0.6) is 0 Å². The van der Waals surface area contributed by atoms with Crippen LogP contribution in [-0.2, 0) is 0 Å². The second-order valence-corrected chi connectivity index (χ2v) is 2.24. The van der Waals surface area contributed by atoms with Crippen LogP contribution in [0, 0.1) is 0 Å². The normalized spacial score (nSPS) is 7.91. The van der Waals surface area contributed by atoms with E-state index in [9.17, 15) is 0 Å². The molecule has 0 aliphatic heterocycles. The van der Waals surface area contributed by atoms with Crippen LogP contribution in [0.1, 0.15) is 20.8 Å². The lowest BCUT2D eigenvalue weighted by atomic mass is 10.3. The van der Waals surface area contributed by atoms with Gasteiger partial charge in [0.15, 0.2) is 0 Å². The summed E-state index contributed by atoms with van der Waals surface area (Å²) in [5, 5.41) is 0. The maximum Gasteiger partial charge on any atom is -0.0439 e. The molecular formula is C11H18. The highest BCUT2D eigenvalue weighted by Crippen LogP contribution is 1.85. The topological polar surface area (TPSA) is 0 Å². The minimum Gasteiger partial charge on any atom is -0.0991 e. The van der Waals surface area contributed by atoms with Crippen LogP contribution >= 0.6 is 0 Å². The Bertz CT molecular complexity index is 143. The van der Waals surface area contributed by atoms with Crippen molar-refractivity contribution in [2.75, 3.05) is 0 Å². The fourth-order valence-electron chi connectivity index (χ4n) is 0.372. The first-order valence-corrected chi connectivity index (χ1v) is 3.68. The van der Waals surface area contributed by atoms with Gasteiger partial charge in [-0.2, -0.15) is 0 Å². The summed E-state index contributed by atoms with van der Waals surface area (Å²) in [5.74, 6) is 0. The van der Waals surface area contributed by atoms with Crippen LogP contribution in [-0.4, -0.2) is 0 Å². The van der Waals surface area contributed by atoms with E-state index in [1.165, 1.54) is 5.57 Å². The van der Waals surface area contributed by atoms with E-state index in [1.54, 1.807) is 12.2 Å². The number of hydrogen-bond acceptors (Lipinski definition) is 0. The Hall–Kier alpha value is -1.04. The molecule has 0 radical (unpaired) electrons. The van der Waals surface area contributed by atoms with Gasteiger partial charge in [0, 0.05) is 0 Å². The molecule has 0 N–H and O–H groups in total. The van der Waals surface area contributed by atoms with E-state index < -0.39 is 0 Å². The summed E-state index contributed by atoms with van der Waals surface area (Å²) in [5.41, 5.74) is 1.30. The third-order valence-electron chi connectivity index (χ3n) is 0.780. The van der Waals surface area contributed by atoms with Gasteiger partial charge in [0.1, 0.15) is 0 Å². The summed E-state index contributed by atoms with van der Waals surface area (Å²) in [7, 11) is 0. The maximum absolute atomic E-state index is 3.52. The van der Waals surface area contributed by atoms with Gasteiger partial charge in [-0.25, -0.2) is 0 Å². The highest BCUT2D eigenvalue weighted by Gasteiger charge is 1.63. The van der Waals surface area contributed by atoms with E-state index in [2.05, 4.69) is 13.2 Å². The van der Waals surface area contributed by atoms with Crippen LogP contribution in [0.2, 0.25) is 0 Å². The predicted molar refractivity (Wildman–Crippen MR) is 54.6 cm³/mol. The zero-order valence-electron chi connectivity index (χ0n) is 7.80. The van der Waals surface area contributed by atoms with Gasteiger partial charge in [0.05, 0.1) is 0 Å². The van der Waals surface area contributed by atoms with Crippen LogP contribution in [0.15, 0.2) is 49.1 Å². The Morgan fingerprint density at radius 2 is 1.64 bits per heavy atom. The molecule has 0 spiro atoms. The first-order valence-electron chi connectivity index (χ1n) is 3.68. The number of allylic oxidation sites excluding steroid dienone is 6. The summed E-state index contributed by atoms with van der Waals surface area (Å²) in [6.07, 6.45) is 9.34. The molecule has 0 saturated carbocycles. The molecule has 0 saturated heterocycles. The van der Waals surface area contributed by atoms with Gasteiger partial charge in [0.25, 0.3) is 0 Å². The predicted octanol–water partition coefficient (Wildman–Crippen LogP) is 3.89. The molecule has 0 heteroatoms. The summed E-state index contributed by atoms with van der Waals surface area (Å²) in [6.45, 7) is 13.0. The lowest BCUT2D eigenvalue weighted by molar-refractivity contribution is 1.40. The van der Waals surface area contributed by atoms with Crippen LogP contribution in [0.4, 0.5) is 0 Å². The molecule has 62 valence electrons. The van der Waals surface area contributed by atoms with Crippen molar-refractivity contribution in [3.05, 3.63) is 49.1 Å². The number of rotatable bonds is 2. The molecule has 0 atom stereocenters. The van der Waals surface area contributed by atoms with Crippen LogP contribution in [0.25, 0.3) is 0 Å². The minimum atomic E-state index is 1.30. The quantitative estimate of drug-likeness (QED) is 0.524. The summed E-state index contributed by atoms with van der Waals surface area (Å²) in [6, 6.07) is 0. The van der Waals surface area contributed by atoms with Crippen molar-refractivity contribution in [3.63, 3.8) is 0 Å². The van der Waals surface area contributed by atoms with E-state index in [-0.39, 0.29) is 0 Å². The fraction of sp³-hybridized carbons (Fsp3) is 0.273. The number of hydrogen-bond donors (Lipinski definition) is 0. The summed E-state index contributed by atoms with van der Waals surface area (Å²) < 4.78 is 0. The lowest BCUT2D eigenvalue weighted by Gasteiger charge is -1.76. The van der Waals surface area contributed by atoms with Gasteiger partial charge in [0.2, 0.25) is 0 Å². The van der Waals surface area contributed by atoms with E-state index in [1.807, 2.05) is 39.0 Å².